The van der Waals surface area contributed by atoms with Crippen LogP contribution in [0.5, 0.6) is 0 Å². The maximum atomic E-state index is 6.04. The lowest BCUT2D eigenvalue weighted by molar-refractivity contribution is 0.784. The van der Waals surface area contributed by atoms with Crippen LogP contribution in [-0.2, 0) is 6.42 Å². The summed E-state index contributed by atoms with van der Waals surface area (Å²) in [5, 5.41) is 3.73. The zero-order valence-corrected chi connectivity index (χ0v) is 11.4. The molecule has 4 N–H and O–H groups in total. The van der Waals surface area contributed by atoms with Gasteiger partial charge in [-0.2, -0.15) is 4.98 Å². The van der Waals surface area contributed by atoms with Crippen molar-refractivity contribution in [2.75, 3.05) is 10.7 Å². The average Bonchev–Trinajstić information content (AvgIpc) is 2.42. The third-order valence-corrected chi connectivity index (χ3v) is 2.92. The van der Waals surface area contributed by atoms with Gasteiger partial charge in [-0.05, 0) is 18.9 Å². The monoisotopic (exact) mass is 277 g/mol. The summed E-state index contributed by atoms with van der Waals surface area (Å²) in [4.78, 5) is 8.11. The second-order valence-corrected chi connectivity index (χ2v) is 4.68. The highest BCUT2D eigenvalue weighted by Gasteiger charge is 2.09. The molecule has 100 valence electrons. The molecular formula is C13H16ClN5. The first kappa shape index (κ1) is 13.6. The average molecular weight is 278 g/mol. The maximum Gasteiger partial charge on any atom is 0.239 e. The van der Waals surface area contributed by atoms with Crippen molar-refractivity contribution in [2.45, 2.75) is 19.4 Å². The van der Waals surface area contributed by atoms with E-state index in [1.165, 1.54) is 11.8 Å². The van der Waals surface area contributed by atoms with E-state index in [2.05, 4.69) is 39.8 Å². The summed E-state index contributed by atoms with van der Waals surface area (Å²) in [6.45, 7) is 2.07. The van der Waals surface area contributed by atoms with E-state index in [4.69, 9.17) is 17.4 Å². The van der Waals surface area contributed by atoms with Crippen molar-refractivity contribution in [3.63, 3.8) is 0 Å². The summed E-state index contributed by atoms with van der Waals surface area (Å²) < 4.78 is 0. The van der Waals surface area contributed by atoms with E-state index < -0.39 is 0 Å². The molecule has 0 bridgehead atoms. The zero-order valence-electron chi connectivity index (χ0n) is 10.6. The van der Waals surface area contributed by atoms with Crippen LogP contribution in [0.25, 0.3) is 0 Å². The molecule has 1 aromatic carbocycles. The standard InChI is InChI=1S/C13H16ClN5/c1-9(7-10-5-3-2-4-6-10)17-12-11(14)8-16-13(18-12)19-15/h2-6,8-9H,7,15H2,1H3,(H2,16,17,18,19). The Bertz CT molecular complexity index is 532. The molecule has 1 heterocycles. The predicted molar refractivity (Wildman–Crippen MR) is 78.1 cm³/mol. The summed E-state index contributed by atoms with van der Waals surface area (Å²) in [6, 6.07) is 10.4. The molecule has 0 amide bonds. The molecule has 5 nitrogen and oxygen atoms in total. The molecule has 1 atom stereocenters. The molecule has 0 aliphatic carbocycles. The van der Waals surface area contributed by atoms with Gasteiger partial charge in [-0.25, -0.2) is 10.8 Å². The van der Waals surface area contributed by atoms with Crippen LogP contribution in [0.3, 0.4) is 0 Å². The first-order valence-electron chi connectivity index (χ1n) is 5.98. The molecule has 0 aliphatic rings. The topological polar surface area (TPSA) is 75.9 Å². The van der Waals surface area contributed by atoms with E-state index in [1.54, 1.807) is 0 Å². The van der Waals surface area contributed by atoms with Crippen LogP contribution in [0.1, 0.15) is 12.5 Å². The van der Waals surface area contributed by atoms with Crippen molar-refractivity contribution in [2.24, 2.45) is 5.84 Å². The minimum Gasteiger partial charge on any atom is -0.366 e. The normalized spacial score (nSPS) is 11.9. The number of anilines is 2. The summed E-state index contributed by atoms with van der Waals surface area (Å²) in [5.74, 6) is 6.19. The fourth-order valence-electron chi connectivity index (χ4n) is 1.79. The minimum absolute atomic E-state index is 0.195. The van der Waals surface area contributed by atoms with Crippen LogP contribution in [-0.4, -0.2) is 16.0 Å². The number of benzene rings is 1. The van der Waals surface area contributed by atoms with Crippen molar-refractivity contribution in [1.29, 1.82) is 0 Å². The molecule has 0 aliphatic heterocycles. The van der Waals surface area contributed by atoms with Crippen molar-refractivity contribution < 1.29 is 0 Å². The predicted octanol–water partition coefficient (Wildman–Crippen LogP) is 2.46. The number of hydrogen-bond acceptors (Lipinski definition) is 5. The molecule has 0 fully saturated rings. The zero-order chi connectivity index (χ0) is 13.7. The largest absolute Gasteiger partial charge is 0.366 e. The van der Waals surface area contributed by atoms with Gasteiger partial charge in [-0.1, -0.05) is 41.9 Å². The highest BCUT2D eigenvalue weighted by molar-refractivity contribution is 6.32. The van der Waals surface area contributed by atoms with Crippen LogP contribution in [0.2, 0.25) is 5.02 Å². The highest BCUT2D eigenvalue weighted by Crippen LogP contribution is 2.20. The quantitative estimate of drug-likeness (QED) is 0.578. The summed E-state index contributed by atoms with van der Waals surface area (Å²) in [5.41, 5.74) is 3.65. The van der Waals surface area contributed by atoms with Gasteiger partial charge in [0, 0.05) is 6.04 Å². The van der Waals surface area contributed by atoms with Gasteiger partial charge in [0.2, 0.25) is 5.95 Å². The van der Waals surface area contributed by atoms with E-state index in [9.17, 15) is 0 Å². The van der Waals surface area contributed by atoms with Gasteiger partial charge in [0.15, 0.2) is 5.82 Å². The van der Waals surface area contributed by atoms with Crippen molar-refractivity contribution in [3.8, 4) is 0 Å². The lowest BCUT2D eigenvalue weighted by Crippen LogP contribution is -2.20. The number of nitrogens with one attached hydrogen (secondary N) is 2. The number of aromatic nitrogens is 2. The number of nitrogens with zero attached hydrogens (tertiary/aromatic N) is 2. The van der Waals surface area contributed by atoms with E-state index in [0.29, 0.717) is 16.8 Å². The summed E-state index contributed by atoms with van der Waals surface area (Å²) >= 11 is 6.04. The Morgan fingerprint density at radius 2 is 2.05 bits per heavy atom. The third-order valence-electron chi connectivity index (χ3n) is 2.64. The van der Waals surface area contributed by atoms with Gasteiger partial charge in [0.25, 0.3) is 0 Å². The van der Waals surface area contributed by atoms with Gasteiger partial charge in [0.05, 0.1) is 6.20 Å². The second-order valence-electron chi connectivity index (χ2n) is 4.27. The van der Waals surface area contributed by atoms with Crippen LogP contribution >= 0.6 is 11.6 Å². The van der Waals surface area contributed by atoms with Gasteiger partial charge >= 0.3 is 0 Å². The van der Waals surface area contributed by atoms with E-state index in [1.807, 2.05) is 18.2 Å². The SMILES string of the molecule is CC(Cc1ccccc1)Nc1nc(NN)ncc1Cl. The van der Waals surface area contributed by atoms with Crippen LogP contribution in [0, 0.1) is 0 Å². The Morgan fingerprint density at radius 3 is 2.74 bits per heavy atom. The number of hydrazine groups is 1. The van der Waals surface area contributed by atoms with Gasteiger partial charge in [-0.3, -0.25) is 5.43 Å². The molecule has 1 unspecified atom stereocenters. The number of rotatable bonds is 5. The molecule has 19 heavy (non-hydrogen) atoms. The number of halogens is 1. The van der Waals surface area contributed by atoms with Gasteiger partial charge in [0.1, 0.15) is 5.02 Å². The molecule has 2 rings (SSSR count). The summed E-state index contributed by atoms with van der Waals surface area (Å²) in [7, 11) is 0. The van der Waals surface area contributed by atoms with E-state index >= 15 is 0 Å². The fraction of sp³-hybridized carbons (Fsp3) is 0.231. The lowest BCUT2D eigenvalue weighted by atomic mass is 10.1. The molecule has 1 aromatic heterocycles. The fourth-order valence-corrected chi connectivity index (χ4v) is 1.94. The van der Waals surface area contributed by atoms with Gasteiger partial charge < -0.3 is 5.32 Å². The van der Waals surface area contributed by atoms with Crippen molar-refractivity contribution in [3.05, 3.63) is 47.1 Å². The first-order valence-corrected chi connectivity index (χ1v) is 6.36. The Morgan fingerprint density at radius 1 is 1.32 bits per heavy atom. The molecule has 2 aromatic rings. The Labute approximate surface area is 117 Å². The van der Waals surface area contributed by atoms with Crippen molar-refractivity contribution in [1.82, 2.24) is 9.97 Å². The van der Waals surface area contributed by atoms with Crippen LogP contribution in [0.15, 0.2) is 36.5 Å². The van der Waals surface area contributed by atoms with Crippen LogP contribution < -0.4 is 16.6 Å². The molecular weight excluding hydrogens is 262 g/mol. The lowest BCUT2D eigenvalue weighted by Gasteiger charge is -2.15. The van der Waals surface area contributed by atoms with E-state index in [-0.39, 0.29) is 6.04 Å². The maximum absolute atomic E-state index is 6.04. The Kier molecular flexibility index (Phi) is 4.54. The van der Waals surface area contributed by atoms with Crippen molar-refractivity contribution >= 4 is 23.4 Å². The molecule has 0 spiro atoms. The molecule has 0 saturated carbocycles. The Hall–Kier alpha value is -1.85. The first-order chi connectivity index (χ1) is 9.19. The smallest absolute Gasteiger partial charge is 0.239 e. The third kappa shape index (κ3) is 3.81. The minimum atomic E-state index is 0.195. The van der Waals surface area contributed by atoms with Gasteiger partial charge in [-0.15, -0.1) is 0 Å². The van der Waals surface area contributed by atoms with E-state index in [0.717, 1.165) is 6.42 Å². The second kappa shape index (κ2) is 6.36. The Balaban J connectivity index is 2.04. The van der Waals surface area contributed by atoms with Crippen LogP contribution in [0.4, 0.5) is 11.8 Å². The molecule has 0 saturated heterocycles. The number of hydrogen-bond donors (Lipinski definition) is 3. The molecule has 6 heteroatoms. The summed E-state index contributed by atoms with van der Waals surface area (Å²) in [6.07, 6.45) is 2.40. The number of nitrogen functional groups attached to an aromatic ring is 1. The highest BCUT2D eigenvalue weighted by atomic mass is 35.5. The number of nitrogens with two attached hydrogens (primary N) is 1. The molecule has 0 radical (unpaired) electrons.